The third-order valence-corrected chi connectivity index (χ3v) is 4.27. The average molecular weight is 346 g/mol. The van der Waals surface area contributed by atoms with E-state index >= 15 is 0 Å². The van der Waals surface area contributed by atoms with Gasteiger partial charge in [0.05, 0.1) is 0 Å². The third-order valence-electron chi connectivity index (χ3n) is 3.80. The van der Waals surface area contributed by atoms with Gasteiger partial charge in [0.15, 0.2) is 0 Å². The van der Waals surface area contributed by atoms with Crippen LogP contribution in [0.5, 0.6) is 0 Å². The monoisotopic (exact) mass is 347 g/mol. The van der Waals surface area contributed by atoms with Crippen LogP contribution in [-0.2, 0) is 0 Å². The maximum absolute atomic E-state index is 3.15. The van der Waals surface area contributed by atoms with E-state index in [-0.39, 0.29) is 0 Å². The molecule has 0 radical (unpaired) electrons. The van der Waals surface area contributed by atoms with Gasteiger partial charge < -0.3 is 0 Å². The Bertz CT molecular complexity index is 192. The van der Waals surface area contributed by atoms with Crippen LogP contribution < -0.4 is 4.33 Å². The van der Waals surface area contributed by atoms with Crippen molar-refractivity contribution in [2.75, 3.05) is 6.54 Å². The molecule has 0 aromatic heterocycles. The third kappa shape index (κ3) is 18.2. The molecular formula is C18H37NSe. The molecule has 0 saturated carbocycles. The van der Waals surface area contributed by atoms with Crippen molar-refractivity contribution in [2.45, 2.75) is 96.8 Å². The van der Waals surface area contributed by atoms with Gasteiger partial charge in [-0.15, -0.1) is 0 Å². The van der Waals surface area contributed by atoms with Crippen LogP contribution >= 0.6 is 0 Å². The van der Waals surface area contributed by atoms with E-state index in [1.807, 2.05) is 0 Å². The van der Waals surface area contributed by atoms with Crippen LogP contribution in [0.1, 0.15) is 96.8 Å². The second-order valence-corrected chi connectivity index (χ2v) is 6.51. The number of allylic oxidation sites excluding steroid dienone is 2. The normalized spacial score (nSPS) is 11.5. The Labute approximate surface area is 136 Å². The van der Waals surface area contributed by atoms with Crippen LogP contribution in [0, 0.1) is 0 Å². The van der Waals surface area contributed by atoms with Gasteiger partial charge in [-0.3, -0.25) is 0 Å². The molecule has 0 amide bonds. The summed E-state index contributed by atoms with van der Waals surface area (Å²) in [5.41, 5.74) is 0. The Balaban J connectivity index is 3.01. The molecule has 120 valence electrons. The second-order valence-electron chi connectivity index (χ2n) is 5.85. The number of hydrogen-bond donors (Lipinski definition) is 1. The van der Waals surface area contributed by atoms with E-state index in [4.69, 9.17) is 0 Å². The first kappa shape index (κ1) is 20.2. The minimum atomic E-state index is 1.15. The fourth-order valence-corrected chi connectivity index (χ4v) is 2.78. The van der Waals surface area contributed by atoms with Crippen molar-refractivity contribution in [1.29, 1.82) is 0 Å². The quantitative estimate of drug-likeness (QED) is 0.223. The summed E-state index contributed by atoms with van der Waals surface area (Å²) in [6, 6.07) is 0. The first-order chi connectivity index (χ1) is 9.91. The Hall–Kier alpha value is 0.219. The summed E-state index contributed by atoms with van der Waals surface area (Å²) in [6.07, 6.45) is 24.2. The van der Waals surface area contributed by atoms with Crippen LogP contribution in [0.15, 0.2) is 12.2 Å². The zero-order valence-electron chi connectivity index (χ0n) is 13.7. The summed E-state index contributed by atoms with van der Waals surface area (Å²) < 4.78 is 3.15. The molecule has 0 aliphatic rings. The number of hydrogen-bond acceptors (Lipinski definition) is 1. The van der Waals surface area contributed by atoms with E-state index in [0.717, 1.165) is 6.54 Å². The molecule has 2 heteroatoms. The van der Waals surface area contributed by atoms with Crippen molar-refractivity contribution in [3.8, 4) is 0 Å². The van der Waals surface area contributed by atoms with Crippen molar-refractivity contribution in [3.63, 3.8) is 0 Å². The molecule has 0 heterocycles. The van der Waals surface area contributed by atoms with Crippen LogP contribution in [0.2, 0.25) is 0 Å². The van der Waals surface area contributed by atoms with Crippen LogP contribution in [0.3, 0.4) is 0 Å². The SMILES string of the molecule is CCCCCCCC/C=C\CCCCCCCCN[SeH]. The number of unbranched alkanes of at least 4 members (excludes halogenated alkanes) is 12. The van der Waals surface area contributed by atoms with Gasteiger partial charge in [-0.05, 0) is 6.42 Å². The van der Waals surface area contributed by atoms with Gasteiger partial charge in [-0.2, -0.15) is 0 Å². The minimum absolute atomic E-state index is 1.15. The van der Waals surface area contributed by atoms with Crippen LogP contribution in [0.25, 0.3) is 0 Å². The molecule has 0 aromatic rings. The fourth-order valence-electron chi connectivity index (χ4n) is 2.45. The van der Waals surface area contributed by atoms with E-state index in [1.54, 1.807) is 0 Å². The second kappa shape index (κ2) is 19.2. The van der Waals surface area contributed by atoms with Crippen molar-refractivity contribution < 1.29 is 0 Å². The summed E-state index contributed by atoms with van der Waals surface area (Å²) >= 11 is 2.44. The summed E-state index contributed by atoms with van der Waals surface area (Å²) in [6.45, 7) is 3.44. The molecule has 1 N–H and O–H groups in total. The van der Waals surface area contributed by atoms with Crippen LogP contribution in [-0.4, -0.2) is 22.8 Å². The first-order valence-electron chi connectivity index (χ1n) is 8.93. The van der Waals surface area contributed by atoms with Crippen molar-refractivity contribution in [2.24, 2.45) is 0 Å². The Morgan fingerprint density at radius 3 is 1.60 bits per heavy atom. The molecule has 0 atom stereocenters. The van der Waals surface area contributed by atoms with Gasteiger partial charge in [0.25, 0.3) is 0 Å². The molecule has 0 bridgehead atoms. The molecule has 0 aliphatic carbocycles. The number of rotatable bonds is 16. The molecule has 0 saturated heterocycles. The van der Waals surface area contributed by atoms with Gasteiger partial charge in [0, 0.05) is 0 Å². The molecule has 0 aliphatic heterocycles. The molecule has 0 fully saturated rings. The first-order valence-corrected chi connectivity index (χ1v) is 9.87. The molecule has 20 heavy (non-hydrogen) atoms. The molecule has 0 aromatic carbocycles. The fraction of sp³-hybridized carbons (Fsp3) is 0.889. The standard InChI is InChI=1S/C18H37NSe/c1-2-3-4-5-6-7-8-9-10-11-12-13-14-15-16-17-18-19-20/h9-10,19-20H,2-8,11-18H2,1H3/b10-9-. The van der Waals surface area contributed by atoms with Crippen LogP contribution in [0.4, 0.5) is 0 Å². The zero-order chi connectivity index (χ0) is 14.7. The molecule has 0 spiro atoms. The summed E-state index contributed by atoms with van der Waals surface area (Å²) in [4.78, 5) is 0. The number of nitrogens with one attached hydrogen (secondary N) is 1. The van der Waals surface area contributed by atoms with E-state index in [1.165, 1.54) is 89.9 Å². The molecule has 0 rings (SSSR count). The van der Waals surface area contributed by atoms with Crippen molar-refractivity contribution >= 4 is 16.2 Å². The Morgan fingerprint density at radius 1 is 0.650 bits per heavy atom. The van der Waals surface area contributed by atoms with Gasteiger partial charge in [-0.1, -0.05) is 39.0 Å². The summed E-state index contributed by atoms with van der Waals surface area (Å²) in [7, 11) is 0. The average Bonchev–Trinajstić information content (AvgIpc) is 2.47. The van der Waals surface area contributed by atoms with Crippen molar-refractivity contribution in [1.82, 2.24) is 4.33 Å². The van der Waals surface area contributed by atoms with Gasteiger partial charge in [-0.25, -0.2) is 0 Å². The Kier molecular flexibility index (Phi) is 19.4. The van der Waals surface area contributed by atoms with E-state index in [9.17, 15) is 0 Å². The molecule has 1 nitrogen and oxygen atoms in total. The van der Waals surface area contributed by atoms with E-state index in [0.29, 0.717) is 0 Å². The molecule has 0 unspecified atom stereocenters. The zero-order valence-corrected chi connectivity index (χ0v) is 15.6. The van der Waals surface area contributed by atoms with Gasteiger partial charge >= 0.3 is 90.6 Å². The predicted molar refractivity (Wildman–Crippen MR) is 94.6 cm³/mol. The van der Waals surface area contributed by atoms with Crippen molar-refractivity contribution in [3.05, 3.63) is 12.2 Å². The molecular weight excluding hydrogens is 309 g/mol. The summed E-state index contributed by atoms with van der Waals surface area (Å²) in [5.74, 6) is 0. The van der Waals surface area contributed by atoms with Gasteiger partial charge in [0.2, 0.25) is 0 Å². The predicted octanol–water partition coefficient (Wildman–Crippen LogP) is 5.43. The Morgan fingerprint density at radius 2 is 1.10 bits per heavy atom. The van der Waals surface area contributed by atoms with E-state index in [2.05, 4.69) is 39.6 Å². The topological polar surface area (TPSA) is 12.0 Å². The maximum atomic E-state index is 3.15. The van der Waals surface area contributed by atoms with E-state index < -0.39 is 0 Å². The summed E-state index contributed by atoms with van der Waals surface area (Å²) in [5, 5.41) is 0. The van der Waals surface area contributed by atoms with Gasteiger partial charge in [0.1, 0.15) is 0 Å².